The second-order valence-corrected chi connectivity index (χ2v) is 2.75. The maximum atomic E-state index is 9.34. The molecule has 0 aromatic carbocycles. The quantitative estimate of drug-likeness (QED) is 0.557. The van der Waals surface area contributed by atoms with Crippen LogP contribution >= 0.6 is 0 Å². The van der Waals surface area contributed by atoms with E-state index >= 15 is 0 Å². The third-order valence-corrected chi connectivity index (χ3v) is 1.97. The van der Waals surface area contributed by atoms with Gasteiger partial charge in [0.2, 0.25) is 0 Å². The van der Waals surface area contributed by atoms with E-state index in [1.807, 2.05) is 6.08 Å². The van der Waals surface area contributed by atoms with Gasteiger partial charge in [-0.15, -0.1) is 0 Å². The molecule has 2 atom stereocenters. The Labute approximate surface area is 61.2 Å². The normalized spacial score (nSPS) is 32.6. The van der Waals surface area contributed by atoms with E-state index in [1.165, 1.54) is 0 Å². The molecule has 2 nitrogen and oxygen atoms in total. The molecule has 0 amide bonds. The Kier molecular flexibility index (Phi) is 2.90. The molecule has 10 heavy (non-hydrogen) atoms. The number of aliphatic hydroxyl groups is 2. The van der Waals surface area contributed by atoms with Crippen LogP contribution in [-0.2, 0) is 0 Å². The molecule has 2 unspecified atom stereocenters. The molecular formula is C8H14O2. The van der Waals surface area contributed by atoms with E-state index < -0.39 is 0 Å². The largest absolute Gasteiger partial charge is 0.396 e. The Bertz CT molecular complexity index is 120. The summed E-state index contributed by atoms with van der Waals surface area (Å²) in [7, 11) is 0. The van der Waals surface area contributed by atoms with Crippen LogP contribution in [0, 0.1) is 5.92 Å². The molecule has 2 heteroatoms. The van der Waals surface area contributed by atoms with Crippen molar-refractivity contribution in [2.75, 3.05) is 6.61 Å². The van der Waals surface area contributed by atoms with Gasteiger partial charge in [-0.3, -0.25) is 0 Å². The van der Waals surface area contributed by atoms with Gasteiger partial charge < -0.3 is 10.2 Å². The Morgan fingerprint density at radius 2 is 2.30 bits per heavy atom. The first-order chi connectivity index (χ1) is 4.84. The predicted octanol–water partition coefficient (Wildman–Crippen LogP) is 0.696. The van der Waals surface area contributed by atoms with Crippen LogP contribution in [0.4, 0.5) is 0 Å². The predicted molar refractivity (Wildman–Crippen MR) is 39.6 cm³/mol. The van der Waals surface area contributed by atoms with Crippen molar-refractivity contribution in [1.82, 2.24) is 0 Å². The highest BCUT2D eigenvalue weighted by molar-refractivity contribution is 4.96. The zero-order valence-corrected chi connectivity index (χ0v) is 6.03. The maximum absolute atomic E-state index is 9.34. The van der Waals surface area contributed by atoms with E-state index in [1.54, 1.807) is 0 Å². The van der Waals surface area contributed by atoms with E-state index in [4.69, 9.17) is 5.11 Å². The lowest BCUT2D eigenvalue weighted by Crippen LogP contribution is -2.21. The van der Waals surface area contributed by atoms with Gasteiger partial charge in [0.15, 0.2) is 0 Å². The van der Waals surface area contributed by atoms with Crippen LogP contribution in [0.3, 0.4) is 0 Å². The van der Waals surface area contributed by atoms with Crippen molar-refractivity contribution in [3.05, 3.63) is 12.2 Å². The van der Waals surface area contributed by atoms with Gasteiger partial charge in [0.1, 0.15) is 0 Å². The maximum Gasteiger partial charge on any atom is 0.0606 e. The molecule has 0 aromatic heterocycles. The van der Waals surface area contributed by atoms with Gasteiger partial charge in [0, 0.05) is 12.5 Å². The van der Waals surface area contributed by atoms with E-state index in [0.717, 1.165) is 12.8 Å². The first kappa shape index (κ1) is 7.76. The highest BCUT2D eigenvalue weighted by atomic mass is 16.3. The Morgan fingerprint density at radius 1 is 1.50 bits per heavy atom. The number of allylic oxidation sites excluding steroid dienone is 1. The minimum absolute atomic E-state index is 0.173. The third-order valence-electron chi connectivity index (χ3n) is 1.97. The van der Waals surface area contributed by atoms with Crippen LogP contribution in [-0.4, -0.2) is 22.9 Å². The SMILES string of the molecule is OCCC1C=CCCC1O. The zero-order chi connectivity index (χ0) is 7.40. The van der Waals surface area contributed by atoms with Crippen LogP contribution in [0.15, 0.2) is 12.2 Å². The fourth-order valence-electron chi connectivity index (χ4n) is 1.32. The molecule has 0 radical (unpaired) electrons. The van der Waals surface area contributed by atoms with Gasteiger partial charge >= 0.3 is 0 Å². The van der Waals surface area contributed by atoms with Crippen LogP contribution < -0.4 is 0 Å². The fourth-order valence-corrected chi connectivity index (χ4v) is 1.32. The summed E-state index contributed by atoms with van der Waals surface area (Å²) in [6.45, 7) is 0.173. The van der Waals surface area contributed by atoms with E-state index in [0.29, 0.717) is 6.42 Å². The molecule has 0 heterocycles. The van der Waals surface area contributed by atoms with Crippen LogP contribution in [0.2, 0.25) is 0 Å². The van der Waals surface area contributed by atoms with Gasteiger partial charge in [-0.2, -0.15) is 0 Å². The Morgan fingerprint density at radius 3 is 2.90 bits per heavy atom. The minimum Gasteiger partial charge on any atom is -0.396 e. The van der Waals surface area contributed by atoms with Crippen molar-refractivity contribution in [2.45, 2.75) is 25.4 Å². The molecule has 0 fully saturated rings. The average Bonchev–Trinajstić information content (AvgIpc) is 1.94. The first-order valence-corrected chi connectivity index (χ1v) is 3.80. The summed E-state index contributed by atoms with van der Waals surface area (Å²) in [6, 6.07) is 0. The van der Waals surface area contributed by atoms with Crippen LogP contribution in [0.25, 0.3) is 0 Å². The highest BCUT2D eigenvalue weighted by Crippen LogP contribution is 2.20. The molecule has 0 aromatic rings. The van der Waals surface area contributed by atoms with Gasteiger partial charge in [-0.05, 0) is 19.3 Å². The summed E-state index contributed by atoms with van der Waals surface area (Å²) >= 11 is 0. The van der Waals surface area contributed by atoms with Crippen molar-refractivity contribution >= 4 is 0 Å². The molecule has 0 spiro atoms. The molecule has 0 saturated carbocycles. The van der Waals surface area contributed by atoms with Crippen LogP contribution in [0.1, 0.15) is 19.3 Å². The molecule has 58 valence electrons. The lowest BCUT2D eigenvalue weighted by molar-refractivity contribution is 0.0999. The minimum atomic E-state index is -0.225. The average molecular weight is 142 g/mol. The van der Waals surface area contributed by atoms with Crippen molar-refractivity contribution in [3.8, 4) is 0 Å². The summed E-state index contributed by atoms with van der Waals surface area (Å²) in [5.41, 5.74) is 0. The summed E-state index contributed by atoms with van der Waals surface area (Å²) in [5, 5.41) is 17.9. The van der Waals surface area contributed by atoms with Crippen LogP contribution in [0.5, 0.6) is 0 Å². The third kappa shape index (κ3) is 1.82. The number of hydrogen-bond donors (Lipinski definition) is 2. The highest BCUT2D eigenvalue weighted by Gasteiger charge is 2.17. The molecule has 0 aliphatic heterocycles. The standard InChI is InChI=1S/C8H14O2/c9-6-5-7-3-1-2-4-8(7)10/h1,3,7-10H,2,4-6H2. The summed E-state index contributed by atoms with van der Waals surface area (Å²) < 4.78 is 0. The summed E-state index contributed by atoms with van der Waals surface area (Å²) in [4.78, 5) is 0. The molecule has 1 aliphatic rings. The molecule has 0 saturated heterocycles. The number of hydrogen-bond acceptors (Lipinski definition) is 2. The monoisotopic (exact) mass is 142 g/mol. The summed E-state index contributed by atoms with van der Waals surface area (Å²) in [5.74, 6) is 0.193. The van der Waals surface area contributed by atoms with Gasteiger partial charge in [0.25, 0.3) is 0 Å². The topological polar surface area (TPSA) is 40.5 Å². The molecule has 2 N–H and O–H groups in total. The number of aliphatic hydroxyl groups excluding tert-OH is 2. The van der Waals surface area contributed by atoms with E-state index in [9.17, 15) is 5.11 Å². The Hall–Kier alpha value is -0.340. The zero-order valence-electron chi connectivity index (χ0n) is 6.03. The number of rotatable bonds is 2. The van der Waals surface area contributed by atoms with E-state index in [-0.39, 0.29) is 18.6 Å². The van der Waals surface area contributed by atoms with Crippen molar-refractivity contribution in [2.24, 2.45) is 5.92 Å². The lowest BCUT2D eigenvalue weighted by Gasteiger charge is -2.21. The molecular weight excluding hydrogens is 128 g/mol. The first-order valence-electron chi connectivity index (χ1n) is 3.80. The molecule has 0 bridgehead atoms. The van der Waals surface area contributed by atoms with Gasteiger partial charge in [-0.25, -0.2) is 0 Å². The van der Waals surface area contributed by atoms with E-state index in [2.05, 4.69) is 6.08 Å². The molecule has 1 aliphatic carbocycles. The summed E-state index contributed by atoms with van der Waals surface area (Å²) in [6.07, 6.45) is 6.37. The second-order valence-electron chi connectivity index (χ2n) is 2.75. The van der Waals surface area contributed by atoms with Gasteiger partial charge in [0.05, 0.1) is 6.10 Å². The molecule has 1 rings (SSSR count). The van der Waals surface area contributed by atoms with Crippen molar-refractivity contribution in [3.63, 3.8) is 0 Å². The second kappa shape index (κ2) is 3.74. The fraction of sp³-hybridized carbons (Fsp3) is 0.750. The smallest absolute Gasteiger partial charge is 0.0606 e. The van der Waals surface area contributed by atoms with Crippen molar-refractivity contribution in [1.29, 1.82) is 0 Å². The Balaban J connectivity index is 2.39. The van der Waals surface area contributed by atoms with Gasteiger partial charge in [-0.1, -0.05) is 12.2 Å². The van der Waals surface area contributed by atoms with Crippen molar-refractivity contribution < 1.29 is 10.2 Å². The lowest BCUT2D eigenvalue weighted by atomic mass is 9.90.